The molecule has 0 aliphatic heterocycles. The van der Waals surface area contributed by atoms with Crippen LogP contribution in [0.1, 0.15) is 11.1 Å². The molecule has 0 amide bonds. The molecule has 0 aromatic heterocycles. The highest BCUT2D eigenvalue weighted by Gasteiger charge is 2.33. The normalized spacial score (nSPS) is 10.9. The molecule has 0 unspecified atom stereocenters. The summed E-state index contributed by atoms with van der Waals surface area (Å²) in [6.45, 7) is 3.39. The minimum Gasteiger partial charge on any atom is -0.485 e. The van der Waals surface area contributed by atoms with E-state index in [9.17, 15) is 9.59 Å². The van der Waals surface area contributed by atoms with Crippen LogP contribution in [0.2, 0.25) is 13.1 Å². The van der Waals surface area contributed by atoms with E-state index < -0.39 is 8.56 Å². The largest absolute Gasteiger partial charge is 0.485 e. The zero-order valence-corrected chi connectivity index (χ0v) is 14.3. The Morgan fingerprint density at radius 1 is 0.739 bits per heavy atom. The molecule has 0 spiro atoms. The summed E-state index contributed by atoms with van der Waals surface area (Å²) in [5, 5.41) is 0. The van der Waals surface area contributed by atoms with Gasteiger partial charge in [0.15, 0.2) is 0 Å². The van der Waals surface area contributed by atoms with E-state index in [0.717, 1.165) is 11.1 Å². The van der Waals surface area contributed by atoms with E-state index in [1.807, 2.05) is 60.7 Å². The third-order valence-electron chi connectivity index (χ3n) is 3.10. The summed E-state index contributed by atoms with van der Waals surface area (Å²) in [6.07, 6.45) is 0.348. The Balaban J connectivity index is 1.85. The molecule has 0 saturated carbocycles. The maximum atomic E-state index is 12.0. The summed E-state index contributed by atoms with van der Waals surface area (Å²) in [5.41, 5.74) is 1.75. The summed E-state index contributed by atoms with van der Waals surface area (Å²) < 4.78 is 10.8. The van der Waals surface area contributed by atoms with Gasteiger partial charge in [-0.15, -0.1) is 0 Å². The number of carbonyl (C=O) groups excluding carboxylic acids is 2. The van der Waals surface area contributed by atoms with Gasteiger partial charge in [-0.25, -0.2) is 0 Å². The summed E-state index contributed by atoms with van der Waals surface area (Å²) in [6, 6.07) is 18.7. The molecule has 0 N–H and O–H groups in total. The first-order valence-electron chi connectivity index (χ1n) is 7.46. The summed E-state index contributed by atoms with van der Waals surface area (Å²) >= 11 is 0. The number of carbonyl (C=O) groups is 2. The highest BCUT2D eigenvalue weighted by Crippen LogP contribution is 2.12. The average Bonchev–Trinajstić information content (AvgIpc) is 2.47. The summed E-state index contributed by atoms with van der Waals surface area (Å²) in [4.78, 5) is 24.0. The van der Waals surface area contributed by atoms with E-state index in [-0.39, 0.29) is 24.8 Å². The molecule has 4 nitrogen and oxygen atoms in total. The Bertz CT molecular complexity index is 596. The van der Waals surface area contributed by atoms with Crippen LogP contribution in [0.25, 0.3) is 0 Å². The van der Waals surface area contributed by atoms with E-state index in [1.165, 1.54) is 0 Å². The molecule has 120 valence electrons. The van der Waals surface area contributed by atoms with Gasteiger partial charge in [-0.05, 0) is 11.1 Å². The number of hydrogen-bond donors (Lipinski definition) is 0. The predicted octanol–water partition coefficient (Wildman–Crippen LogP) is 3.26. The highest BCUT2D eigenvalue weighted by molar-refractivity contribution is 6.67. The maximum absolute atomic E-state index is 12.0. The van der Waals surface area contributed by atoms with Gasteiger partial charge in [0.25, 0.3) is 11.9 Å². The second kappa shape index (κ2) is 7.74. The molecule has 0 atom stereocenters. The Morgan fingerprint density at radius 2 is 1.09 bits per heavy atom. The Hall–Kier alpha value is -2.40. The minimum absolute atomic E-state index is 0.174. The van der Waals surface area contributed by atoms with Gasteiger partial charge in [-0.3, -0.25) is 9.59 Å². The van der Waals surface area contributed by atoms with Crippen molar-refractivity contribution in [2.75, 3.05) is 0 Å². The van der Waals surface area contributed by atoms with Gasteiger partial charge < -0.3 is 8.85 Å². The van der Waals surface area contributed by atoms with Crippen molar-refractivity contribution >= 4 is 20.5 Å². The fourth-order valence-corrected chi connectivity index (χ4v) is 3.45. The van der Waals surface area contributed by atoms with Gasteiger partial charge >= 0.3 is 8.56 Å². The first kappa shape index (κ1) is 17.0. The summed E-state index contributed by atoms with van der Waals surface area (Å²) in [5.74, 6) is -0.749. The second-order valence-corrected chi connectivity index (χ2v) is 8.88. The van der Waals surface area contributed by atoms with E-state index in [0.29, 0.717) is 0 Å². The molecule has 23 heavy (non-hydrogen) atoms. The number of rotatable bonds is 6. The van der Waals surface area contributed by atoms with Crippen molar-refractivity contribution in [3.63, 3.8) is 0 Å². The van der Waals surface area contributed by atoms with Crippen molar-refractivity contribution in [3.05, 3.63) is 71.8 Å². The molecule has 0 aliphatic carbocycles. The standard InChI is InChI=1S/C18H20O4Si/c1-23(2,21-17(19)13-15-9-5-3-6-10-15)22-18(20)14-16-11-7-4-8-12-16/h3-12H,13-14H2,1-2H3. The molecule has 0 radical (unpaired) electrons. The Morgan fingerprint density at radius 3 is 1.43 bits per heavy atom. The van der Waals surface area contributed by atoms with Crippen LogP contribution in [0.4, 0.5) is 0 Å². The van der Waals surface area contributed by atoms with Crippen LogP contribution < -0.4 is 0 Å². The van der Waals surface area contributed by atoms with Crippen LogP contribution in [-0.2, 0) is 31.3 Å². The Kier molecular flexibility index (Phi) is 5.70. The molecule has 0 fully saturated rings. The van der Waals surface area contributed by atoms with E-state index in [2.05, 4.69) is 0 Å². The molecule has 2 rings (SSSR count). The van der Waals surface area contributed by atoms with Crippen molar-refractivity contribution in [2.24, 2.45) is 0 Å². The van der Waals surface area contributed by atoms with Crippen molar-refractivity contribution in [2.45, 2.75) is 25.9 Å². The van der Waals surface area contributed by atoms with Gasteiger partial charge in [0.1, 0.15) is 0 Å². The zero-order chi connectivity index (χ0) is 16.7. The first-order valence-corrected chi connectivity index (χ1v) is 10.3. The Labute approximate surface area is 137 Å². The fourth-order valence-electron chi connectivity index (χ4n) is 2.17. The fraction of sp³-hybridized carbons (Fsp3) is 0.222. The lowest BCUT2D eigenvalue weighted by Crippen LogP contribution is -2.40. The predicted molar refractivity (Wildman–Crippen MR) is 90.0 cm³/mol. The number of hydrogen-bond acceptors (Lipinski definition) is 4. The lowest BCUT2D eigenvalue weighted by atomic mass is 10.2. The van der Waals surface area contributed by atoms with Crippen LogP contribution in [0.5, 0.6) is 0 Å². The van der Waals surface area contributed by atoms with E-state index >= 15 is 0 Å². The zero-order valence-electron chi connectivity index (χ0n) is 13.3. The minimum atomic E-state index is -2.84. The lowest BCUT2D eigenvalue weighted by Gasteiger charge is -2.22. The van der Waals surface area contributed by atoms with Crippen LogP contribution in [-0.4, -0.2) is 20.5 Å². The van der Waals surface area contributed by atoms with Crippen LogP contribution >= 0.6 is 0 Å². The van der Waals surface area contributed by atoms with Gasteiger partial charge in [0, 0.05) is 13.1 Å². The maximum Gasteiger partial charge on any atom is 0.457 e. The first-order chi connectivity index (χ1) is 10.9. The molecule has 0 aliphatic rings. The van der Waals surface area contributed by atoms with Crippen molar-refractivity contribution in [1.82, 2.24) is 0 Å². The van der Waals surface area contributed by atoms with Gasteiger partial charge in [0.2, 0.25) is 0 Å². The SMILES string of the molecule is C[Si](C)(OC(=O)Cc1ccccc1)OC(=O)Cc1ccccc1. The molecular weight excluding hydrogens is 308 g/mol. The molecule has 0 saturated heterocycles. The van der Waals surface area contributed by atoms with Crippen LogP contribution in [0.3, 0.4) is 0 Å². The molecule has 5 heteroatoms. The average molecular weight is 328 g/mol. The highest BCUT2D eigenvalue weighted by atomic mass is 28.4. The van der Waals surface area contributed by atoms with Crippen molar-refractivity contribution in [1.29, 1.82) is 0 Å². The molecular formula is C18H20O4Si. The molecule has 0 heterocycles. The van der Waals surface area contributed by atoms with Crippen LogP contribution in [0, 0.1) is 0 Å². The van der Waals surface area contributed by atoms with Crippen molar-refractivity contribution < 1.29 is 18.4 Å². The third kappa shape index (κ3) is 6.08. The van der Waals surface area contributed by atoms with Gasteiger partial charge in [-0.2, -0.15) is 0 Å². The molecule has 0 bridgehead atoms. The lowest BCUT2D eigenvalue weighted by molar-refractivity contribution is -0.140. The third-order valence-corrected chi connectivity index (χ3v) is 4.54. The number of benzene rings is 2. The van der Waals surface area contributed by atoms with E-state index in [1.54, 1.807) is 13.1 Å². The second-order valence-electron chi connectivity index (χ2n) is 5.67. The molecule has 2 aromatic rings. The molecule has 2 aromatic carbocycles. The van der Waals surface area contributed by atoms with Crippen LogP contribution in [0.15, 0.2) is 60.7 Å². The monoisotopic (exact) mass is 328 g/mol. The quantitative estimate of drug-likeness (QED) is 0.764. The van der Waals surface area contributed by atoms with Gasteiger partial charge in [-0.1, -0.05) is 60.7 Å². The summed E-state index contributed by atoms with van der Waals surface area (Å²) in [7, 11) is -2.84. The smallest absolute Gasteiger partial charge is 0.457 e. The topological polar surface area (TPSA) is 52.6 Å². The van der Waals surface area contributed by atoms with Gasteiger partial charge in [0.05, 0.1) is 12.8 Å². The van der Waals surface area contributed by atoms with E-state index in [4.69, 9.17) is 8.85 Å². The van der Waals surface area contributed by atoms with Crippen molar-refractivity contribution in [3.8, 4) is 0 Å².